The highest BCUT2D eigenvalue weighted by atomic mass is 127. The summed E-state index contributed by atoms with van der Waals surface area (Å²) < 4.78 is 1.04. The third-order valence-corrected chi connectivity index (χ3v) is 4.03. The van der Waals surface area contributed by atoms with Gasteiger partial charge >= 0.3 is 0 Å². The highest BCUT2D eigenvalue weighted by Gasteiger charge is 2.33. The summed E-state index contributed by atoms with van der Waals surface area (Å²) >= 11 is 8.22. The van der Waals surface area contributed by atoms with Gasteiger partial charge in [-0.1, -0.05) is 11.6 Å². The number of nitrogens with one attached hydrogen (secondary N) is 1. The predicted octanol–water partition coefficient (Wildman–Crippen LogP) is 3.62. The smallest absolute Gasteiger partial charge is 0.253 e. The first-order valence-electron chi connectivity index (χ1n) is 5.28. The second-order valence-electron chi connectivity index (χ2n) is 4.49. The van der Waals surface area contributed by atoms with E-state index in [1.165, 1.54) is 6.42 Å². The molecule has 16 heavy (non-hydrogen) atoms. The Hall–Kier alpha value is -0.290. The second-order valence-corrected chi connectivity index (χ2v) is 6.15. The number of carbonyl (C=O) groups is 1. The van der Waals surface area contributed by atoms with Crippen LogP contribution in [0.25, 0.3) is 0 Å². The molecule has 4 heteroatoms. The van der Waals surface area contributed by atoms with Gasteiger partial charge in [0.15, 0.2) is 0 Å². The van der Waals surface area contributed by atoms with Crippen molar-refractivity contribution in [3.63, 3.8) is 0 Å². The maximum Gasteiger partial charge on any atom is 0.253 e. The van der Waals surface area contributed by atoms with E-state index < -0.39 is 0 Å². The molecule has 1 amide bonds. The first-order valence-corrected chi connectivity index (χ1v) is 6.73. The van der Waals surface area contributed by atoms with Gasteiger partial charge in [-0.15, -0.1) is 0 Å². The van der Waals surface area contributed by atoms with Gasteiger partial charge in [-0.2, -0.15) is 0 Å². The molecule has 0 aromatic heterocycles. The van der Waals surface area contributed by atoms with Crippen molar-refractivity contribution in [3.05, 3.63) is 32.4 Å². The zero-order chi connectivity index (χ0) is 11.8. The Balaban J connectivity index is 2.14. The molecular formula is C12H13ClINO. The molecule has 1 fully saturated rings. The number of hydrogen-bond acceptors (Lipinski definition) is 1. The number of benzene rings is 1. The summed E-state index contributed by atoms with van der Waals surface area (Å²) in [6.45, 7) is 2.08. The van der Waals surface area contributed by atoms with Crippen molar-refractivity contribution in [2.45, 2.75) is 31.7 Å². The number of amides is 1. The maximum atomic E-state index is 12.0. The highest BCUT2D eigenvalue weighted by molar-refractivity contribution is 14.1. The van der Waals surface area contributed by atoms with Crippen LogP contribution in [0.15, 0.2) is 18.2 Å². The molecule has 2 nitrogen and oxygen atoms in total. The molecule has 1 aromatic carbocycles. The molecule has 0 unspecified atom stereocenters. The Kier molecular flexibility index (Phi) is 3.45. The fourth-order valence-electron chi connectivity index (χ4n) is 1.85. The van der Waals surface area contributed by atoms with E-state index in [0.29, 0.717) is 10.6 Å². The number of carbonyl (C=O) groups excluding carboxylic acids is 1. The normalized spacial score (nSPS) is 17.7. The lowest BCUT2D eigenvalue weighted by Crippen LogP contribution is -2.50. The molecule has 1 aromatic rings. The first kappa shape index (κ1) is 12.2. The average molecular weight is 350 g/mol. The number of rotatable bonds is 2. The lowest BCUT2D eigenvalue weighted by molar-refractivity contribution is 0.0850. The molecule has 0 heterocycles. The monoisotopic (exact) mass is 349 g/mol. The maximum absolute atomic E-state index is 12.0. The second kappa shape index (κ2) is 4.53. The van der Waals surface area contributed by atoms with E-state index in [1.807, 2.05) is 6.07 Å². The van der Waals surface area contributed by atoms with Crippen molar-refractivity contribution in [3.8, 4) is 0 Å². The third kappa shape index (κ3) is 2.51. The van der Waals surface area contributed by atoms with Crippen molar-refractivity contribution in [2.75, 3.05) is 0 Å². The minimum absolute atomic E-state index is 0.0244. The van der Waals surface area contributed by atoms with Gasteiger partial charge in [0.2, 0.25) is 0 Å². The molecule has 0 aliphatic heterocycles. The van der Waals surface area contributed by atoms with Gasteiger partial charge in [-0.3, -0.25) is 4.79 Å². The minimum Gasteiger partial charge on any atom is -0.347 e. The van der Waals surface area contributed by atoms with Gasteiger partial charge < -0.3 is 5.32 Å². The molecule has 0 bridgehead atoms. The average Bonchev–Trinajstić information content (AvgIpc) is 2.14. The number of hydrogen-bond donors (Lipinski definition) is 1. The summed E-state index contributed by atoms with van der Waals surface area (Å²) in [5.74, 6) is -0.0661. The van der Waals surface area contributed by atoms with Crippen LogP contribution in [-0.4, -0.2) is 11.4 Å². The van der Waals surface area contributed by atoms with Crippen LogP contribution in [0.5, 0.6) is 0 Å². The molecule has 1 saturated carbocycles. The summed E-state index contributed by atoms with van der Waals surface area (Å²) in [4.78, 5) is 12.0. The van der Waals surface area contributed by atoms with Gasteiger partial charge in [-0.25, -0.2) is 0 Å². The zero-order valence-corrected chi connectivity index (χ0v) is 11.9. The third-order valence-electron chi connectivity index (χ3n) is 3.05. The SMILES string of the molecule is CC1(NC(=O)c2ccc(I)cc2Cl)CCC1. The molecule has 1 N–H and O–H groups in total. The van der Waals surface area contributed by atoms with Gasteiger partial charge in [0.25, 0.3) is 5.91 Å². The van der Waals surface area contributed by atoms with Crippen LogP contribution >= 0.6 is 34.2 Å². The summed E-state index contributed by atoms with van der Waals surface area (Å²) in [5, 5.41) is 3.56. The Morgan fingerprint density at radius 2 is 2.19 bits per heavy atom. The van der Waals surface area contributed by atoms with E-state index in [-0.39, 0.29) is 11.4 Å². The van der Waals surface area contributed by atoms with Crippen molar-refractivity contribution in [1.82, 2.24) is 5.32 Å². The van der Waals surface area contributed by atoms with Gasteiger partial charge in [-0.05, 0) is 67.0 Å². The molecule has 0 atom stereocenters. The van der Waals surface area contributed by atoms with Crippen molar-refractivity contribution < 1.29 is 4.79 Å². The Labute approximate surface area is 114 Å². The van der Waals surface area contributed by atoms with Crippen molar-refractivity contribution in [1.29, 1.82) is 0 Å². The van der Waals surface area contributed by atoms with Gasteiger partial charge in [0.1, 0.15) is 0 Å². The lowest BCUT2D eigenvalue weighted by Gasteiger charge is -2.39. The molecule has 0 spiro atoms. The molecule has 0 radical (unpaired) electrons. The molecule has 86 valence electrons. The van der Waals surface area contributed by atoms with E-state index >= 15 is 0 Å². The standard InChI is InChI=1S/C12H13ClINO/c1-12(5-2-6-12)15-11(16)9-4-3-8(14)7-10(9)13/h3-4,7H,2,5-6H2,1H3,(H,15,16). The van der Waals surface area contributed by atoms with Crippen molar-refractivity contribution in [2.24, 2.45) is 0 Å². The Morgan fingerprint density at radius 1 is 1.50 bits per heavy atom. The van der Waals surface area contributed by atoms with Crippen molar-refractivity contribution >= 4 is 40.1 Å². The molecule has 0 saturated heterocycles. The largest absolute Gasteiger partial charge is 0.347 e. The summed E-state index contributed by atoms with van der Waals surface area (Å²) in [6.07, 6.45) is 3.30. The highest BCUT2D eigenvalue weighted by Crippen LogP contribution is 2.31. The predicted molar refractivity (Wildman–Crippen MR) is 73.9 cm³/mol. The van der Waals surface area contributed by atoms with Crippen LogP contribution in [0.1, 0.15) is 36.5 Å². The van der Waals surface area contributed by atoms with Crippen LogP contribution in [0.2, 0.25) is 5.02 Å². The van der Waals surface area contributed by atoms with E-state index in [4.69, 9.17) is 11.6 Å². The van der Waals surface area contributed by atoms with Crippen LogP contribution in [0.4, 0.5) is 0 Å². The van der Waals surface area contributed by atoms with Crippen LogP contribution in [0.3, 0.4) is 0 Å². The summed E-state index contributed by atoms with van der Waals surface area (Å²) in [6, 6.07) is 5.48. The van der Waals surface area contributed by atoms with Crippen LogP contribution in [0, 0.1) is 3.57 Å². The topological polar surface area (TPSA) is 29.1 Å². The molecule has 1 aliphatic rings. The fraction of sp³-hybridized carbons (Fsp3) is 0.417. The molecule has 1 aliphatic carbocycles. The Bertz CT molecular complexity index is 429. The van der Waals surface area contributed by atoms with E-state index in [2.05, 4.69) is 34.8 Å². The van der Waals surface area contributed by atoms with Gasteiger partial charge in [0.05, 0.1) is 10.6 Å². The Morgan fingerprint density at radius 3 is 2.69 bits per heavy atom. The molecule has 2 rings (SSSR count). The molecular weight excluding hydrogens is 336 g/mol. The van der Waals surface area contributed by atoms with E-state index in [9.17, 15) is 4.79 Å². The lowest BCUT2D eigenvalue weighted by atomic mass is 9.78. The van der Waals surface area contributed by atoms with E-state index in [1.54, 1.807) is 12.1 Å². The minimum atomic E-state index is -0.0661. The zero-order valence-electron chi connectivity index (χ0n) is 9.02. The summed E-state index contributed by atoms with van der Waals surface area (Å²) in [7, 11) is 0. The quantitative estimate of drug-likeness (QED) is 0.812. The number of halogens is 2. The summed E-state index contributed by atoms with van der Waals surface area (Å²) in [5.41, 5.74) is 0.541. The van der Waals surface area contributed by atoms with E-state index in [0.717, 1.165) is 16.4 Å². The fourth-order valence-corrected chi connectivity index (χ4v) is 2.79. The van der Waals surface area contributed by atoms with Crippen LogP contribution in [-0.2, 0) is 0 Å². The first-order chi connectivity index (χ1) is 7.50. The van der Waals surface area contributed by atoms with Crippen LogP contribution < -0.4 is 5.32 Å². The van der Waals surface area contributed by atoms with Gasteiger partial charge in [0, 0.05) is 9.11 Å².